The lowest BCUT2D eigenvalue weighted by Crippen LogP contribution is -2.56. The van der Waals surface area contributed by atoms with Gasteiger partial charge >= 0.3 is 0 Å². The highest BCUT2D eigenvalue weighted by atomic mass is 127. The van der Waals surface area contributed by atoms with Crippen molar-refractivity contribution < 1.29 is 4.74 Å². The molecule has 5 nitrogen and oxygen atoms in total. The number of hydrogen-bond acceptors (Lipinski definition) is 3. The number of ether oxygens (including phenoxy) is 1. The van der Waals surface area contributed by atoms with Crippen LogP contribution in [0.2, 0.25) is 0 Å². The molecule has 0 aliphatic carbocycles. The first kappa shape index (κ1) is 23.4. The second kappa shape index (κ2) is 10.8. The molecule has 0 saturated carbocycles. The number of aliphatic imine (C=N–C) groups is 1. The van der Waals surface area contributed by atoms with Crippen LogP contribution in [0.25, 0.3) is 0 Å². The molecule has 0 bridgehead atoms. The van der Waals surface area contributed by atoms with Crippen molar-refractivity contribution in [2.45, 2.75) is 58.2 Å². The molecule has 1 aromatic carbocycles. The largest absolute Gasteiger partial charge is 0.378 e. The van der Waals surface area contributed by atoms with Crippen molar-refractivity contribution in [1.82, 2.24) is 15.1 Å². The number of benzene rings is 1. The van der Waals surface area contributed by atoms with Gasteiger partial charge in [0.2, 0.25) is 0 Å². The summed E-state index contributed by atoms with van der Waals surface area (Å²) < 4.78 is 5.77. The van der Waals surface area contributed by atoms with Crippen molar-refractivity contribution in [1.29, 1.82) is 0 Å². The Labute approximate surface area is 187 Å². The molecule has 0 radical (unpaired) electrons. The first-order valence-electron chi connectivity index (χ1n) is 10.4. The maximum absolute atomic E-state index is 5.77. The van der Waals surface area contributed by atoms with Gasteiger partial charge in [-0.05, 0) is 51.2 Å². The first-order chi connectivity index (χ1) is 13.0. The Morgan fingerprint density at radius 2 is 1.86 bits per heavy atom. The molecule has 28 heavy (non-hydrogen) atoms. The monoisotopic (exact) mass is 500 g/mol. The summed E-state index contributed by atoms with van der Waals surface area (Å²) in [5.74, 6) is 1.02. The van der Waals surface area contributed by atoms with Gasteiger partial charge in [0.15, 0.2) is 5.96 Å². The van der Waals surface area contributed by atoms with Gasteiger partial charge in [0.25, 0.3) is 0 Å². The summed E-state index contributed by atoms with van der Waals surface area (Å²) in [6.07, 6.45) is 3.72. The van der Waals surface area contributed by atoms with Crippen LogP contribution >= 0.6 is 24.0 Å². The van der Waals surface area contributed by atoms with Crippen LogP contribution < -0.4 is 5.32 Å². The number of rotatable bonds is 5. The van der Waals surface area contributed by atoms with Crippen molar-refractivity contribution in [3.63, 3.8) is 0 Å². The number of guanidine groups is 1. The molecule has 0 atom stereocenters. The van der Waals surface area contributed by atoms with Crippen molar-refractivity contribution in [3.8, 4) is 0 Å². The van der Waals surface area contributed by atoms with E-state index < -0.39 is 0 Å². The maximum Gasteiger partial charge on any atom is 0.193 e. The smallest absolute Gasteiger partial charge is 0.193 e. The van der Waals surface area contributed by atoms with Gasteiger partial charge in [-0.25, -0.2) is 0 Å². The summed E-state index contributed by atoms with van der Waals surface area (Å²) >= 11 is 0. The Bertz CT molecular complexity index is 641. The van der Waals surface area contributed by atoms with Crippen LogP contribution in [0.15, 0.2) is 29.3 Å². The minimum absolute atomic E-state index is 0. The van der Waals surface area contributed by atoms with E-state index in [0.717, 1.165) is 64.6 Å². The van der Waals surface area contributed by atoms with Crippen molar-refractivity contribution >= 4 is 29.9 Å². The highest BCUT2D eigenvalue weighted by Gasteiger charge is 2.30. The maximum atomic E-state index is 5.77. The normalized spacial score (nSPS) is 19.1. The molecule has 3 rings (SSSR count). The summed E-state index contributed by atoms with van der Waals surface area (Å²) in [6, 6.07) is 8.85. The molecule has 1 saturated heterocycles. The van der Waals surface area contributed by atoms with Gasteiger partial charge in [0.1, 0.15) is 0 Å². The Morgan fingerprint density at radius 1 is 1.18 bits per heavy atom. The average molecular weight is 500 g/mol. The minimum atomic E-state index is 0. The van der Waals surface area contributed by atoms with E-state index in [9.17, 15) is 0 Å². The number of nitrogens with one attached hydrogen (secondary N) is 1. The standard InChI is InChI=1S/C22H36N4O.HI/c1-5-27-20-11-13-25(14-12-20)21(23-4)24-17-22(2,3)26-15-10-18-8-6-7-9-19(18)16-26;/h6-9,20H,5,10-17H2,1-4H3,(H,23,24);1H. The van der Waals surface area contributed by atoms with E-state index in [-0.39, 0.29) is 29.5 Å². The van der Waals surface area contributed by atoms with Crippen LogP contribution in [0.3, 0.4) is 0 Å². The molecular weight excluding hydrogens is 463 g/mol. The fourth-order valence-electron chi connectivity index (χ4n) is 4.22. The number of nitrogens with zero attached hydrogens (tertiary/aromatic N) is 3. The highest BCUT2D eigenvalue weighted by Crippen LogP contribution is 2.25. The summed E-state index contributed by atoms with van der Waals surface area (Å²) in [7, 11) is 1.89. The Kier molecular flexibility index (Phi) is 9.02. The third-order valence-corrected chi connectivity index (χ3v) is 6.02. The average Bonchev–Trinajstić information content (AvgIpc) is 2.69. The van der Waals surface area contributed by atoms with Crippen LogP contribution in [0.4, 0.5) is 0 Å². The van der Waals surface area contributed by atoms with E-state index in [1.54, 1.807) is 0 Å². The van der Waals surface area contributed by atoms with E-state index in [4.69, 9.17) is 4.74 Å². The van der Waals surface area contributed by atoms with Gasteiger partial charge < -0.3 is 15.0 Å². The molecule has 158 valence electrons. The number of piperidine rings is 1. The van der Waals surface area contributed by atoms with Gasteiger partial charge in [0.05, 0.1) is 6.10 Å². The topological polar surface area (TPSA) is 40.1 Å². The van der Waals surface area contributed by atoms with Gasteiger partial charge in [-0.1, -0.05) is 24.3 Å². The molecule has 0 unspecified atom stereocenters. The van der Waals surface area contributed by atoms with Crippen molar-refractivity contribution in [3.05, 3.63) is 35.4 Å². The van der Waals surface area contributed by atoms with Gasteiger partial charge in [-0.3, -0.25) is 9.89 Å². The summed E-state index contributed by atoms with van der Waals surface area (Å²) in [6.45, 7) is 12.6. The van der Waals surface area contributed by atoms with Crippen LogP contribution in [0.1, 0.15) is 44.7 Å². The van der Waals surface area contributed by atoms with Gasteiger partial charge in [0, 0.05) is 51.9 Å². The van der Waals surface area contributed by atoms with E-state index in [1.165, 1.54) is 11.1 Å². The van der Waals surface area contributed by atoms with Gasteiger partial charge in [-0.2, -0.15) is 0 Å². The summed E-state index contributed by atoms with van der Waals surface area (Å²) in [5.41, 5.74) is 3.05. The lowest BCUT2D eigenvalue weighted by Gasteiger charge is -2.42. The molecule has 0 aromatic heterocycles. The second-order valence-corrected chi connectivity index (χ2v) is 8.30. The zero-order valence-corrected chi connectivity index (χ0v) is 20.2. The molecule has 0 spiro atoms. The Hall–Kier alpha value is -0.860. The fraction of sp³-hybridized carbons (Fsp3) is 0.682. The zero-order chi connectivity index (χ0) is 19.3. The van der Waals surface area contributed by atoms with E-state index in [1.807, 2.05) is 7.05 Å². The Balaban J connectivity index is 0.00000280. The molecule has 1 N–H and O–H groups in total. The van der Waals surface area contributed by atoms with E-state index >= 15 is 0 Å². The predicted molar refractivity (Wildman–Crippen MR) is 128 cm³/mol. The SMILES string of the molecule is CCOC1CCN(C(=NC)NCC(C)(C)N2CCc3ccccc3C2)CC1.I. The van der Waals surface area contributed by atoms with Crippen LogP contribution in [-0.2, 0) is 17.7 Å². The molecule has 2 aliphatic heterocycles. The summed E-state index contributed by atoms with van der Waals surface area (Å²) in [4.78, 5) is 9.51. The fourth-order valence-corrected chi connectivity index (χ4v) is 4.22. The van der Waals surface area contributed by atoms with Crippen LogP contribution in [0.5, 0.6) is 0 Å². The molecular formula is C22H37IN4O. The van der Waals surface area contributed by atoms with E-state index in [0.29, 0.717) is 6.10 Å². The Morgan fingerprint density at radius 3 is 2.50 bits per heavy atom. The van der Waals surface area contributed by atoms with Crippen molar-refractivity contribution in [2.24, 2.45) is 4.99 Å². The third-order valence-electron chi connectivity index (χ3n) is 6.02. The van der Waals surface area contributed by atoms with Crippen LogP contribution in [-0.4, -0.2) is 67.2 Å². The number of likely N-dealkylation sites (tertiary alicyclic amines) is 1. The lowest BCUT2D eigenvalue weighted by atomic mass is 9.94. The summed E-state index contributed by atoms with van der Waals surface area (Å²) in [5, 5.41) is 3.64. The minimum Gasteiger partial charge on any atom is -0.378 e. The number of hydrogen-bond donors (Lipinski definition) is 1. The molecule has 1 aromatic rings. The van der Waals surface area contributed by atoms with Gasteiger partial charge in [-0.15, -0.1) is 24.0 Å². The first-order valence-corrected chi connectivity index (χ1v) is 10.4. The molecule has 2 aliphatic rings. The third kappa shape index (κ3) is 5.83. The zero-order valence-electron chi connectivity index (χ0n) is 17.9. The quantitative estimate of drug-likeness (QED) is 0.382. The van der Waals surface area contributed by atoms with Crippen molar-refractivity contribution in [2.75, 3.05) is 39.8 Å². The highest BCUT2D eigenvalue weighted by molar-refractivity contribution is 14.0. The number of fused-ring (bicyclic) bond motifs is 1. The lowest BCUT2D eigenvalue weighted by molar-refractivity contribution is 0.0261. The predicted octanol–water partition coefficient (Wildman–Crippen LogP) is 3.52. The number of halogens is 1. The second-order valence-electron chi connectivity index (χ2n) is 8.30. The van der Waals surface area contributed by atoms with Crippen LogP contribution in [0, 0.1) is 0 Å². The molecule has 2 heterocycles. The van der Waals surface area contributed by atoms with E-state index in [2.05, 4.69) is 65.1 Å². The molecule has 6 heteroatoms. The molecule has 1 fully saturated rings. The molecule has 0 amide bonds.